The van der Waals surface area contributed by atoms with Crippen LogP contribution in [-0.4, -0.2) is 13.1 Å². The highest BCUT2D eigenvalue weighted by Crippen LogP contribution is 2.37. The smallest absolute Gasteiger partial charge is 0.136 e. The van der Waals surface area contributed by atoms with Crippen molar-refractivity contribution < 1.29 is 4.42 Å². The van der Waals surface area contributed by atoms with Crippen molar-refractivity contribution in [1.82, 2.24) is 4.98 Å². The lowest BCUT2D eigenvalue weighted by Gasteiger charge is -2.24. The van der Waals surface area contributed by atoms with Gasteiger partial charge in [-0.3, -0.25) is 4.98 Å². The van der Waals surface area contributed by atoms with E-state index in [9.17, 15) is 0 Å². The van der Waals surface area contributed by atoms with Crippen LogP contribution in [0.1, 0.15) is 0 Å². The largest absolute Gasteiger partial charge is 0.456 e. The molecular weight excluding hydrogens is 286 g/mol. The molecule has 0 aliphatic carbocycles. The summed E-state index contributed by atoms with van der Waals surface area (Å²) in [6.07, 6.45) is 1.90. The zero-order valence-corrected chi connectivity index (χ0v) is 13.6. The predicted molar refractivity (Wildman–Crippen MR) is 93.7 cm³/mol. The van der Waals surface area contributed by atoms with Crippen LogP contribution < -0.4 is 10.4 Å². The van der Waals surface area contributed by atoms with Gasteiger partial charge >= 0.3 is 0 Å². The van der Waals surface area contributed by atoms with Gasteiger partial charge in [-0.25, -0.2) is 0 Å². The van der Waals surface area contributed by atoms with E-state index in [0.717, 1.165) is 16.9 Å². The van der Waals surface area contributed by atoms with Gasteiger partial charge in [-0.05, 0) is 28.6 Å². The van der Waals surface area contributed by atoms with E-state index in [1.54, 1.807) is 0 Å². The summed E-state index contributed by atoms with van der Waals surface area (Å²) in [5.41, 5.74) is 4.29. The Balaban J connectivity index is 2.15. The Labute approximate surface area is 129 Å². The molecule has 3 heteroatoms. The molecule has 0 atom stereocenters. The van der Waals surface area contributed by atoms with Crippen LogP contribution in [-0.2, 0) is 0 Å². The van der Waals surface area contributed by atoms with Crippen LogP contribution in [0.2, 0.25) is 13.1 Å². The fraction of sp³-hybridized carbons (Fsp3) is 0.105. The highest BCUT2D eigenvalue weighted by molar-refractivity contribution is 7.03. The zero-order chi connectivity index (χ0) is 14.9. The van der Waals surface area contributed by atoms with Crippen LogP contribution in [0.15, 0.2) is 59.1 Å². The van der Waals surface area contributed by atoms with Gasteiger partial charge in [0.25, 0.3) is 0 Å². The zero-order valence-electron chi connectivity index (χ0n) is 12.6. The lowest BCUT2D eigenvalue weighted by atomic mass is 10.0. The average Bonchev–Trinajstić information content (AvgIpc) is 2.89. The molecule has 0 unspecified atom stereocenters. The molecule has 2 nitrogen and oxygen atoms in total. The van der Waals surface area contributed by atoms with E-state index in [1.165, 1.54) is 26.7 Å². The van der Waals surface area contributed by atoms with Crippen LogP contribution in [0, 0.1) is 0 Å². The maximum atomic E-state index is 6.11. The second kappa shape index (κ2) is 3.87. The Kier molecular flexibility index (Phi) is 2.14. The van der Waals surface area contributed by atoms with Gasteiger partial charge < -0.3 is 4.42 Å². The third-order valence-corrected chi connectivity index (χ3v) is 8.45. The van der Waals surface area contributed by atoms with Crippen LogP contribution in [0.4, 0.5) is 0 Å². The molecule has 106 valence electrons. The molecule has 0 saturated carbocycles. The van der Waals surface area contributed by atoms with Gasteiger partial charge in [0.15, 0.2) is 0 Å². The Hall–Kier alpha value is -2.39. The van der Waals surface area contributed by atoms with Gasteiger partial charge in [-0.2, -0.15) is 0 Å². The Morgan fingerprint density at radius 2 is 1.55 bits per heavy atom. The maximum Gasteiger partial charge on any atom is 0.136 e. The van der Waals surface area contributed by atoms with E-state index >= 15 is 0 Å². The van der Waals surface area contributed by atoms with Crippen LogP contribution in [0.25, 0.3) is 33.2 Å². The molecule has 1 aliphatic rings. The number of furan rings is 1. The molecule has 22 heavy (non-hydrogen) atoms. The van der Waals surface area contributed by atoms with Gasteiger partial charge in [-0.15, -0.1) is 0 Å². The number of benzene rings is 2. The summed E-state index contributed by atoms with van der Waals surface area (Å²) in [5.74, 6) is 0. The van der Waals surface area contributed by atoms with E-state index in [2.05, 4.69) is 61.6 Å². The summed E-state index contributed by atoms with van der Waals surface area (Å²) in [6.45, 7) is 4.82. The highest BCUT2D eigenvalue weighted by atomic mass is 28.3. The van der Waals surface area contributed by atoms with Crippen molar-refractivity contribution in [2.45, 2.75) is 13.1 Å². The summed E-state index contributed by atoms with van der Waals surface area (Å²) in [4.78, 5) is 4.74. The SMILES string of the molecule is C[Si]1(C)c2cccnc2-c2cccc3oc4cccc1c4c23. The standard InChI is InChI=1S/C19H15NOSi/c1-22(2)15-9-4-8-14-18(15)17-12(6-3-7-13(17)21-14)19-16(22)10-5-11-20-19/h3-11H,1-2H3. The summed E-state index contributed by atoms with van der Waals surface area (Å²) >= 11 is 0. The van der Waals surface area contributed by atoms with Crippen molar-refractivity contribution in [1.29, 1.82) is 0 Å². The molecule has 3 heterocycles. The Bertz CT molecular complexity index is 1060. The Morgan fingerprint density at radius 3 is 2.41 bits per heavy atom. The number of nitrogens with zero attached hydrogens (tertiary/aromatic N) is 1. The van der Waals surface area contributed by atoms with E-state index in [1.807, 2.05) is 6.20 Å². The Morgan fingerprint density at radius 1 is 0.818 bits per heavy atom. The molecular formula is C19H15NOSi. The third kappa shape index (κ3) is 1.32. The summed E-state index contributed by atoms with van der Waals surface area (Å²) in [6, 6.07) is 17.1. The first-order valence-corrected chi connectivity index (χ1v) is 10.6. The lowest BCUT2D eigenvalue weighted by molar-refractivity contribution is 0.669. The van der Waals surface area contributed by atoms with Gasteiger partial charge in [-0.1, -0.05) is 43.4 Å². The molecule has 0 radical (unpaired) electrons. The molecule has 0 saturated heterocycles. The first-order chi connectivity index (χ1) is 10.7. The van der Waals surface area contributed by atoms with Gasteiger partial charge in [0.2, 0.25) is 0 Å². The van der Waals surface area contributed by atoms with E-state index in [0.29, 0.717) is 0 Å². The molecule has 2 aromatic carbocycles. The summed E-state index contributed by atoms with van der Waals surface area (Å²) in [7, 11) is -1.82. The second-order valence-corrected chi connectivity index (χ2v) is 10.8. The maximum absolute atomic E-state index is 6.11. The number of pyridine rings is 1. The average molecular weight is 301 g/mol. The molecule has 4 aromatic rings. The van der Waals surface area contributed by atoms with Crippen LogP contribution in [0.3, 0.4) is 0 Å². The summed E-state index contributed by atoms with van der Waals surface area (Å²) in [5, 5.41) is 5.38. The predicted octanol–water partition coefficient (Wildman–Crippen LogP) is 3.78. The fourth-order valence-electron chi connectivity index (χ4n) is 3.85. The number of aromatic nitrogens is 1. The normalized spacial score (nSPS) is 15.2. The van der Waals surface area contributed by atoms with E-state index < -0.39 is 8.07 Å². The van der Waals surface area contributed by atoms with Gasteiger partial charge in [0, 0.05) is 22.5 Å². The van der Waals surface area contributed by atoms with Crippen LogP contribution >= 0.6 is 0 Å². The van der Waals surface area contributed by atoms with Gasteiger partial charge in [0.1, 0.15) is 19.2 Å². The minimum atomic E-state index is -1.82. The highest BCUT2D eigenvalue weighted by Gasteiger charge is 2.35. The topological polar surface area (TPSA) is 26.0 Å². The number of hydrogen-bond acceptors (Lipinski definition) is 2. The minimum Gasteiger partial charge on any atom is -0.456 e. The molecule has 0 bridgehead atoms. The van der Waals surface area contributed by atoms with Crippen molar-refractivity contribution in [3.05, 3.63) is 54.7 Å². The van der Waals surface area contributed by atoms with Crippen LogP contribution in [0.5, 0.6) is 0 Å². The molecule has 5 rings (SSSR count). The van der Waals surface area contributed by atoms with E-state index in [4.69, 9.17) is 9.40 Å². The monoisotopic (exact) mass is 301 g/mol. The number of fused-ring (bicyclic) bond motifs is 2. The molecule has 2 aromatic heterocycles. The minimum absolute atomic E-state index is 0.961. The van der Waals surface area contributed by atoms with Gasteiger partial charge in [0.05, 0.1) is 5.69 Å². The fourth-order valence-corrected chi connectivity index (χ4v) is 6.83. The molecule has 0 fully saturated rings. The quantitative estimate of drug-likeness (QED) is 0.462. The third-order valence-electron chi connectivity index (χ3n) is 4.93. The van der Waals surface area contributed by atoms with Crippen molar-refractivity contribution in [3.8, 4) is 11.3 Å². The van der Waals surface area contributed by atoms with Crippen molar-refractivity contribution in [3.63, 3.8) is 0 Å². The first-order valence-electron chi connectivity index (χ1n) is 7.58. The molecule has 0 spiro atoms. The van der Waals surface area contributed by atoms with Crippen molar-refractivity contribution >= 4 is 40.4 Å². The van der Waals surface area contributed by atoms with E-state index in [-0.39, 0.29) is 0 Å². The second-order valence-electron chi connectivity index (χ2n) is 6.48. The number of hydrogen-bond donors (Lipinski definition) is 0. The van der Waals surface area contributed by atoms with Crippen molar-refractivity contribution in [2.75, 3.05) is 0 Å². The first kappa shape index (κ1) is 12.2. The molecule has 0 N–H and O–H groups in total. The van der Waals surface area contributed by atoms with Crippen molar-refractivity contribution in [2.24, 2.45) is 0 Å². The lowest BCUT2D eigenvalue weighted by Crippen LogP contribution is -2.53. The summed E-state index contributed by atoms with van der Waals surface area (Å²) < 4.78 is 6.11. The number of rotatable bonds is 0. The molecule has 1 aliphatic heterocycles. The molecule has 0 amide bonds.